The molecule has 3 fully saturated rings. The molecule has 0 aliphatic heterocycles. The Balaban J connectivity index is 1.48. The van der Waals surface area contributed by atoms with Crippen molar-refractivity contribution in [1.82, 2.24) is 0 Å². The van der Waals surface area contributed by atoms with Gasteiger partial charge in [-0.1, -0.05) is 73.1 Å². The quantitative estimate of drug-likeness (QED) is 0.209. The summed E-state index contributed by atoms with van der Waals surface area (Å²) in [6.07, 6.45) is 15.5. The standard InChI is InChI=1S/C36H64O3Si/c1-12-21-38-32(22-24(2)3)33(37)25(4)29-15-16-30-28-14-13-26-23-27(39-40(10,11)34(5,6)7)17-19-35(26,8)31(28)18-20-36(29,30)9/h12-13,24-25,27-33,37H,1,14-23H2,2-11H3/t25-,27-,28?,29+,30?,31?,32-,33+,35-,36+/m0/s1. The van der Waals surface area contributed by atoms with Crippen molar-refractivity contribution in [2.45, 2.75) is 150 Å². The van der Waals surface area contributed by atoms with Gasteiger partial charge in [-0.3, -0.25) is 0 Å². The van der Waals surface area contributed by atoms with Crippen LogP contribution >= 0.6 is 0 Å². The summed E-state index contributed by atoms with van der Waals surface area (Å²) in [4.78, 5) is 0. The third-order valence-corrected chi connectivity index (χ3v) is 17.6. The minimum absolute atomic E-state index is 0.102. The van der Waals surface area contributed by atoms with Crippen molar-refractivity contribution >= 4 is 8.32 Å². The second-order valence-corrected chi connectivity index (χ2v) is 21.6. The van der Waals surface area contributed by atoms with Crippen LogP contribution in [0.4, 0.5) is 0 Å². The molecular weight excluding hydrogens is 508 g/mol. The van der Waals surface area contributed by atoms with Gasteiger partial charge in [0.05, 0.1) is 18.8 Å². The van der Waals surface area contributed by atoms with Crippen LogP contribution in [0.5, 0.6) is 0 Å². The van der Waals surface area contributed by atoms with Crippen LogP contribution in [-0.2, 0) is 9.16 Å². The molecule has 3 saturated carbocycles. The van der Waals surface area contributed by atoms with Crippen LogP contribution in [0.2, 0.25) is 18.1 Å². The van der Waals surface area contributed by atoms with E-state index in [1.807, 2.05) is 6.08 Å². The van der Waals surface area contributed by atoms with E-state index in [-0.39, 0.29) is 17.1 Å². The minimum atomic E-state index is -1.75. The molecule has 0 saturated heterocycles. The Morgan fingerprint density at radius 1 is 1.07 bits per heavy atom. The third-order valence-electron chi connectivity index (χ3n) is 13.1. The molecular formula is C36H64O3Si. The summed E-state index contributed by atoms with van der Waals surface area (Å²) in [6, 6.07) is 0. The van der Waals surface area contributed by atoms with Crippen molar-refractivity contribution < 1.29 is 14.3 Å². The topological polar surface area (TPSA) is 38.7 Å². The summed E-state index contributed by atoms with van der Waals surface area (Å²) in [7, 11) is -1.75. The van der Waals surface area contributed by atoms with Gasteiger partial charge in [0.1, 0.15) is 0 Å². The Kier molecular flexibility index (Phi) is 9.69. The highest BCUT2D eigenvalue weighted by Gasteiger charge is 2.60. The molecule has 0 aromatic rings. The second kappa shape index (κ2) is 11.9. The average molecular weight is 573 g/mol. The molecule has 4 heteroatoms. The number of aliphatic hydroxyl groups excluding tert-OH is 1. The lowest BCUT2D eigenvalue weighted by Crippen LogP contribution is -2.52. The molecule has 1 N–H and O–H groups in total. The van der Waals surface area contributed by atoms with Crippen molar-refractivity contribution in [1.29, 1.82) is 0 Å². The van der Waals surface area contributed by atoms with Crippen molar-refractivity contribution in [3.8, 4) is 0 Å². The van der Waals surface area contributed by atoms with E-state index in [2.05, 4.69) is 81.1 Å². The summed E-state index contributed by atoms with van der Waals surface area (Å²) in [6.45, 7) is 28.3. The molecule has 0 spiro atoms. The lowest BCUT2D eigenvalue weighted by atomic mass is 9.47. The fourth-order valence-corrected chi connectivity index (χ4v) is 11.2. The van der Waals surface area contributed by atoms with E-state index in [9.17, 15) is 5.11 Å². The van der Waals surface area contributed by atoms with E-state index in [4.69, 9.17) is 9.16 Å². The zero-order chi connectivity index (χ0) is 29.7. The molecule has 0 amide bonds. The Morgan fingerprint density at radius 3 is 2.40 bits per heavy atom. The molecule has 3 nitrogen and oxygen atoms in total. The molecule has 10 atom stereocenters. The highest BCUT2D eigenvalue weighted by molar-refractivity contribution is 6.74. The van der Waals surface area contributed by atoms with Gasteiger partial charge in [0.15, 0.2) is 8.32 Å². The fourth-order valence-electron chi connectivity index (χ4n) is 9.76. The van der Waals surface area contributed by atoms with Gasteiger partial charge in [0, 0.05) is 6.10 Å². The summed E-state index contributed by atoms with van der Waals surface area (Å²) >= 11 is 0. The number of fused-ring (bicyclic) bond motifs is 5. The number of hydrogen-bond donors (Lipinski definition) is 1. The maximum atomic E-state index is 11.6. The number of rotatable bonds is 10. The Labute approximate surface area is 249 Å². The van der Waals surface area contributed by atoms with Crippen LogP contribution in [0.3, 0.4) is 0 Å². The largest absolute Gasteiger partial charge is 0.414 e. The van der Waals surface area contributed by atoms with Crippen LogP contribution in [0, 0.1) is 46.3 Å². The molecule has 0 bridgehead atoms. The molecule has 4 aliphatic carbocycles. The molecule has 4 rings (SSSR count). The second-order valence-electron chi connectivity index (χ2n) is 16.9. The Hall–Kier alpha value is -0.423. The average Bonchev–Trinajstić information content (AvgIpc) is 3.22. The lowest BCUT2D eigenvalue weighted by molar-refractivity contribution is -0.0996. The smallest absolute Gasteiger partial charge is 0.192 e. The zero-order valence-corrected chi connectivity index (χ0v) is 28.9. The maximum absolute atomic E-state index is 11.6. The summed E-state index contributed by atoms with van der Waals surface area (Å²) < 4.78 is 13.1. The summed E-state index contributed by atoms with van der Waals surface area (Å²) in [5.41, 5.74) is 2.40. The van der Waals surface area contributed by atoms with Gasteiger partial charge >= 0.3 is 0 Å². The van der Waals surface area contributed by atoms with Crippen molar-refractivity contribution in [2.75, 3.05) is 6.61 Å². The zero-order valence-electron chi connectivity index (χ0n) is 27.9. The Bertz CT molecular complexity index is 917. The number of ether oxygens (including phenoxy) is 1. The number of hydrogen-bond acceptors (Lipinski definition) is 3. The molecule has 230 valence electrons. The van der Waals surface area contributed by atoms with Crippen molar-refractivity contribution in [3.63, 3.8) is 0 Å². The van der Waals surface area contributed by atoms with Crippen LogP contribution in [0.15, 0.2) is 24.3 Å². The van der Waals surface area contributed by atoms with Crippen molar-refractivity contribution in [3.05, 3.63) is 24.3 Å². The molecule has 0 aromatic carbocycles. The molecule has 0 radical (unpaired) electrons. The maximum Gasteiger partial charge on any atom is 0.192 e. The minimum Gasteiger partial charge on any atom is -0.414 e. The van der Waals surface area contributed by atoms with Gasteiger partial charge in [-0.15, -0.1) is 6.58 Å². The monoisotopic (exact) mass is 572 g/mol. The SMILES string of the molecule is C=CCO[C@@H](CC(C)C)[C@H](O)[C@@H](C)[C@H]1CCC2C3CC=C4C[C@@H](O[Si](C)(C)C(C)(C)C)CC[C@]4(C)C3CC[C@@]21C. The van der Waals surface area contributed by atoms with Gasteiger partial charge in [0.2, 0.25) is 0 Å². The van der Waals surface area contributed by atoms with E-state index in [1.54, 1.807) is 5.57 Å². The van der Waals surface area contributed by atoms with E-state index in [0.717, 1.165) is 30.6 Å². The summed E-state index contributed by atoms with van der Waals surface area (Å²) in [5, 5.41) is 11.9. The van der Waals surface area contributed by atoms with Gasteiger partial charge < -0.3 is 14.3 Å². The highest BCUT2D eigenvalue weighted by atomic mass is 28.4. The first-order valence-corrected chi connectivity index (χ1v) is 19.7. The normalized spacial score (nSPS) is 38.6. The molecule has 0 aromatic heterocycles. The predicted octanol–water partition coefficient (Wildman–Crippen LogP) is 9.57. The Morgan fingerprint density at radius 2 is 1.77 bits per heavy atom. The van der Waals surface area contributed by atoms with Crippen molar-refractivity contribution in [2.24, 2.45) is 46.3 Å². The van der Waals surface area contributed by atoms with Gasteiger partial charge in [-0.05, 0) is 122 Å². The molecule has 0 heterocycles. The van der Waals surface area contributed by atoms with Crippen LogP contribution in [0.25, 0.3) is 0 Å². The highest BCUT2D eigenvalue weighted by Crippen LogP contribution is 2.67. The lowest BCUT2D eigenvalue weighted by Gasteiger charge is -2.59. The number of aliphatic hydroxyl groups is 1. The first kappa shape index (κ1) is 32.5. The van der Waals surface area contributed by atoms with E-state index < -0.39 is 14.4 Å². The number of allylic oxidation sites excluding steroid dienone is 1. The predicted molar refractivity (Wildman–Crippen MR) is 172 cm³/mol. The third kappa shape index (κ3) is 5.99. The molecule has 40 heavy (non-hydrogen) atoms. The summed E-state index contributed by atoms with van der Waals surface area (Å²) in [5.74, 6) is 3.71. The van der Waals surface area contributed by atoms with Gasteiger partial charge in [-0.25, -0.2) is 0 Å². The molecule has 3 unspecified atom stereocenters. The first-order valence-electron chi connectivity index (χ1n) is 16.8. The van der Waals surface area contributed by atoms with Gasteiger partial charge in [0.25, 0.3) is 0 Å². The van der Waals surface area contributed by atoms with E-state index >= 15 is 0 Å². The van der Waals surface area contributed by atoms with Crippen LogP contribution in [-0.4, -0.2) is 38.3 Å². The van der Waals surface area contributed by atoms with E-state index in [0.29, 0.717) is 35.4 Å². The van der Waals surface area contributed by atoms with E-state index in [1.165, 1.54) is 44.9 Å². The van der Waals surface area contributed by atoms with Crippen LogP contribution in [0.1, 0.15) is 113 Å². The van der Waals surface area contributed by atoms with Crippen LogP contribution < -0.4 is 0 Å². The fraction of sp³-hybridized carbons (Fsp3) is 0.889. The molecule has 4 aliphatic rings. The van der Waals surface area contributed by atoms with Gasteiger partial charge in [-0.2, -0.15) is 0 Å². The first-order chi connectivity index (χ1) is 18.5.